The van der Waals surface area contributed by atoms with Crippen molar-refractivity contribution in [1.29, 1.82) is 5.26 Å². The molecule has 3 aromatic rings. The van der Waals surface area contributed by atoms with E-state index in [0.29, 0.717) is 35.3 Å². The second-order valence-corrected chi connectivity index (χ2v) is 6.95. The van der Waals surface area contributed by atoms with Gasteiger partial charge in [0, 0.05) is 18.5 Å². The Bertz CT molecular complexity index is 1160. The molecule has 0 spiro atoms. The van der Waals surface area contributed by atoms with E-state index in [1.54, 1.807) is 42.5 Å². The monoisotopic (exact) mass is 402 g/mol. The number of fused-ring (bicyclic) bond motifs is 1. The number of para-hydroxylation sites is 1. The molecule has 1 heterocycles. The molecule has 1 aromatic heterocycles. The molecule has 0 bridgehead atoms. The summed E-state index contributed by atoms with van der Waals surface area (Å²) in [4.78, 5) is 43.9. The largest absolute Gasteiger partial charge is 0.325 e. The molecule has 30 heavy (non-hydrogen) atoms. The van der Waals surface area contributed by atoms with Gasteiger partial charge >= 0.3 is 0 Å². The lowest BCUT2D eigenvalue weighted by Gasteiger charge is -2.10. The molecular formula is C23H22N4O3. The molecule has 7 heteroatoms. The number of hydrogen-bond donors (Lipinski definition) is 2. The maximum Gasteiger partial charge on any atom is 0.258 e. The van der Waals surface area contributed by atoms with Gasteiger partial charge in [-0.05, 0) is 42.7 Å². The van der Waals surface area contributed by atoms with Crippen LogP contribution in [0.1, 0.15) is 31.2 Å². The van der Waals surface area contributed by atoms with Crippen LogP contribution in [0.4, 0.5) is 5.69 Å². The highest BCUT2D eigenvalue weighted by Gasteiger charge is 2.26. The number of nitrogens with one attached hydrogen (secondary N) is 2. The zero-order valence-corrected chi connectivity index (χ0v) is 16.6. The number of H-pyrrole nitrogens is 1. The molecule has 0 radical (unpaired) electrons. The summed E-state index contributed by atoms with van der Waals surface area (Å²) < 4.78 is 0. The summed E-state index contributed by atoms with van der Waals surface area (Å²) in [6, 6.07) is 16.1. The van der Waals surface area contributed by atoms with Crippen molar-refractivity contribution < 1.29 is 9.59 Å². The van der Waals surface area contributed by atoms with E-state index >= 15 is 0 Å². The smallest absolute Gasteiger partial charge is 0.258 e. The molecule has 2 aromatic carbocycles. The number of nitriles is 1. The average Bonchev–Trinajstić information content (AvgIpc) is 2.75. The Morgan fingerprint density at radius 3 is 2.60 bits per heavy atom. The number of nitrogens with zero attached hydrogens (tertiary/aromatic N) is 2. The Kier molecular flexibility index (Phi) is 6.71. The predicted molar refractivity (Wildman–Crippen MR) is 114 cm³/mol. The van der Waals surface area contributed by atoms with Gasteiger partial charge in [-0.2, -0.15) is 5.26 Å². The Morgan fingerprint density at radius 2 is 1.90 bits per heavy atom. The third-order valence-electron chi connectivity index (χ3n) is 4.84. The standard InChI is InChI=1S/C23H22N4O3/c1-2-15-10-12-16(13-11-15)25-23(30)18(14-24)20(28)8-5-9-21-26-19-7-4-3-6-17(19)22(29)27-21/h3-4,6-7,10-13,18H,2,5,8-9H2,1H3,(H,25,30)(H,26,27,29). The van der Waals surface area contributed by atoms with Gasteiger partial charge in [-0.1, -0.05) is 31.2 Å². The highest BCUT2D eigenvalue weighted by molar-refractivity contribution is 6.09. The lowest BCUT2D eigenvalue weighted by molar-refractivity contribution is -0.128. The number of aryl methyl sites for hydroxylation is 2. The molecule has 0 fully saturated rings. The first-order chi connectivity index (χ1) is 14.5. The average molecular weight is 402 g/mol. The van der Waals surface area contributed by atoms with E-state index in [1.165, 1.54) is 0 Å². The highest BCUT2D eigenvalue weighted by Crippen LogP contribution is 2.14. The fourth-order valence-electron chi connectivity index (χ4n) is 3.14. The fourth-order valence-corrected chi connectivity index (χ4v) is 3.14. The molecule has 7 nitrogen and oxygen atoms in total. The van der Waals surface area contributed by atoms with Crippen molar-refractivity contribution in [3.63, 3.8) is 0 Å². The minimum absolute atomic E-state index is 0.0386. The van der Waals surface area contributed by atoms with E-state index in [0.717, 1.165) is 12.0 Å². The number of anilines is 1. The molecular weight excluding hydrogens is 380 g/mol. The van der Waals surface area contributed by atoms with Crippen molar-refractivity contribution in [2.24, 2.45) is 5.92 Å². The van der Waals surface area contributed by atoms with Gasteiger partial charge in [0.25, 0.3) is 5.56 Å². The maximum absolute atomic E-state index is 12.4. The van der Waals surface area contributed by atoms with Crippen LogP contribution in [-0.2, 0) is 22.4 Å². The van der Waals surface area contributed by atoms with Crippen LogP contribution in [0.3, 0.4) is 0 Å². The van der Waals surface area contributed by atoms with E-state index in [-0.39, 0.29) is 12.0 Å². The number of ketones is 1. The van der Waals surface area contributed by atoms with E-state index in [9.17, 15) is 19.6 Å². The number of aromatic nitrogens is 2. The van der Waals surface area contributed by atoms with Gasteiger partial charge < -0.3 is 10.3 Å². The van der Waals surface area contributed by atoms with Crippen LogP contribution in [0.2, 0.25) is 0 Å². The Balaban J connectivity index is 1.58. The van der Waals surface area contributed by atoms with Crippen molar-refractivity contribution in [2.75, 3.05) is 5.32 Å². The number of aromatic amines is 1. The predicted octanol–water partition coefficient (Wildman–Crippen LogP) is 3.16. The van der Waals surface area contributed by atoms with Crippen LogP contribution in [-0.4, -0.2) is 21.7 Å². The molecule has 1 unspecified atom stereocenters. The fraction of sp³-hybridized carbons (Fsp3) is 0.261. The van der Waals surface area contributed by atoms with Crippen LogP contribution < -0.4 is 10.9 Å². The summed E-state index contributed by atoms with van der Waals surface area (Å²) in [6.45, 7) is 2.03. The van der Waals surface area contributed by atoms with E-state index < -0.39 is 17.6 Å². The van der Waals surface area contributed by atoms with Crippen LogP contribution in [0.25, 0.3) is 10.9 Å². The molecule has 152 valence electrons. The Labute approximate surface area is 173 Å². The van der Waals surface area contributed by atoms with Gasteiger partial charge in [0.15, 0.2) is 11.7 Å². The Hall–Kier alpha value is -3.79. The molecule has 0 saturated carbocycles. The van der Waals surface area contributed by atoms with Gasteiger partial charge in [-0.3, -0.25) is 14.4 Å². The molecule has 1 atom stereocenters. The highest BCUT2D eigenvalue weighted by atomic mass is 16.2. The van der Waals surface area contributed by atoms with E-state index in [4.69, 9.17) is 0 Å². The van der Waals surface area contributed by atoms with Gasteiger partial charge in [-0.15, -0.1) is 0 Å². The maximum atomic E-state index is 12.4. The second kappa shape index (κ2) is 9.61. The number of benzene rings is 2. The van der Waals surface area contributed by atoms with Crippen LogP contribution in [0.15, 0.2) is 53.3 Å². The summed E-state index contributed by atoms with van der Waals surface area (Å²) in [6.07, 6.45) is 1.66. The minimum atomic E-state index is -1.38. The van der Waals surface area contributed by atoms with Crippen LogP contribution in [0, 0.1) is 17.2 Å². The summed E-state index contributed by atoms with van der Waals surface area (Å²) >= 11 is 0. The van der Waals surface area contributed by atoms with Crippen molar-refractivity contribution in [1.82, 2.24) is 9.97 Å². The summed E-state index contributed by atoms with van der Waals surface area (Å²) in [5, 5.41) is 12.4. The molecule has 2 N–H and O–H groups in total. The number of hydrogen-bond acceptors (Lipinski definition) is 5. The normalized spacial score (nSPS) is 11.6. The van der Waals surface area contributed by atoms with E-state index in [1.807, 2.05) is 19.1 Å². The van der Waals surface area contributed by atoms with Crippen LogP contribution in [0.5, 0.6) is 0 Å². The zero-order chi connectivity index (χ0) is 21.5. The van der Waals surface area contributed by atoms with E-state index in [2.05, 4.69) is 15.3 Å². The molecule has 0 aliphatic carbocycles. The van der Waals surface area contributed by atoms with Gasteiger partial charge in [-0.25, -0.2) is 4.98 Å². The molecule has 0 saturated heterocycles. The zero-order valence-electron chi connectivity index (χ0n) is 16.6. The first-order valence-electron chi connectivity index (χ1n) is 9.82. The van der Waals surface area contributed by atoms with Crippen LogP contribution >= 0.6 is 0 Å². The topological polar surface area (TPSA) is 116 Å². The molecule has 0 aliphatic heterocycles. The SMILES string of the molecule is CCc1ccc(NC(=O)C(C#N)C(=O)CCCc2nc3ccccc3c(=O)[nH]2)cc1. The summed E-state index contributed by atoms with van der Waals surface area (Å²) in [7, 11) is 0. The summed E-state index contributed by atoms with van der Waals surface area (Å²) in [5.41, 5.74) is 2.03. The quantitative estimate of drug-likeness (QED) is 0.562. The van der Waals surface area contributed by atoms with Crippen molar-refractivity contribution >= 4 is 28.3 Å². The Morgan fingerprint density at radius 1 is 1.17 bits per heavy atom. The lowest BCUT2D eigenvalue weighted by atomic mass is 9.99. The number of carbonyl (C=O) groups excluding carboxylic acids is 2. The summed E-state index contributed by atoms with van der Waals surface area (Å²) in [5.74, 6) is -1.99. The van der Waals surface area contributed by atoms with Crippen molar-refractivity contribution in [3.8, 4) is 6.07 Å². The number of rotatable bonds is 8. The van der Waals surface area contributed by atoms with Gasteiger partial charge in [0.2, 0.25) is 5.91 Å². The first kappa shape index (κ1) is 20.9. The third-order valence-corrected chi connectivity index (χ3v) is 4.84. The number of carbonyl (C=O) groups is 2. The first-order valence-corrected chi connectivity index (χ1v) is 9.82. The van der Waals surface area contributed by atoms with Gasteiger partial charge in [0.1, 0.15) is 5.82 Å². The second-order valence-electron chi connectivity index (χ2n) is 6.95. The molecule has 0 aliphatic rings. The van der Waals surface area contributed by atoms with Crippen molar-refractivity contribution in [2.45, 2.75) is 32.6 Å². The van der Waals surface area contributed by atoms with Crippen molar-refractivity contribution in [3.05, 3.63) is 70.3 Å². The minimum Gasteiger partial charge on any atom is -0.325 e. The molecule has 1 amide bonds. The van der Waals surface area contributed by atoms with Gasteiger partial charge in [0.05, 0.1) is 17.0 Å². The number of Topliss-reactive ketones (excluding diaryl/α,β-unsaturated/α-hetero) is 1. The third kappa shape index (κ3) is 4.97. The molecule has 3 rings (SSSR count). The number of amides is 1. The lowest BCUT2D eigenvalue weighted by Crippen LogP contribution is -2.28.